The molecule has 1 aromatic heterocycles. The Labute approximate surface area is 169 Å². The van der Waals surface area contributed by atoms with Crippen molar-refractivity contribution in [2.24, 2.45) is 0 Å². The van der Waals surface area contributed by atoms with Crippen LogP contribution in [0.1, 0.15) is 33.1 Å². The molecule has 0 aliphatic rings. The summed E-state index contributed by atoms with van der Waals surface area (Å²) in [6, 6.07) is 16.8. The molecule has 1 heterocycles. The van der Waals surface area contributed by atoms with Crippen LogP contribution < -0.4 is 10.9 Å². The summed E-state index contributed by atoms with van der Waals surface area (Å²) >= 11 is 0. The molecule has 0 radical (unpaired) electrons. The number of rotatable bonds is 5. The first-order valence-corrected chi connectivity index (χ1v) is 9.26. The minimum atomic E-state index is -0.838. The highest BCUT2D eigenvalue weighted by molar-refractivity contribution is 6.02. The lowest BCUT2D eigenvalue weighted by Gasteiger charge is -2.28. The monoisotopic (exact) mass is 389 g/mol. The fourth-order valence-electron chi connectivity index (χ4n) is 3.25. The first kappa shape index (κ1) is 20.1. The minimum Gasteiger partial charge on any atom is -0.328 e. The SMILES string of the molecule is Cc1cccc(C)c1NC(=O)[C@@H](c1ccccc1)N(C)C(=O)c1ccc(=O)[nH]c1. The molecule has 6 heteroatoms. The molecule has 2 aromatic carbocycles. The molecule has 2 N–H and O–H groups in total. The predicted octanol–water partition coefficient (Wildman–Crippen LogP) is 3.44. The van der Waals surface area contributed by atoms with E-state index in [9.17, 15) is 14.4 Å². The summed E-state index contributed by atoms with van der Waals surface area (Å²) < 4.78 is 0. The number of nitrogens with one attached hydrogen (secondary N) is 2. The van der Waals surface area contributed by atoms with Crippen molar-refractivity contribution in [3.05, 3.63) is 99.5 Å². The highest BCUT2D eigenvalue weighted by Crippen LogP contribution is 2.26. The van der Waals surface area contributed by atoms with Gasteiger partial charge in [-0.3, -0.25) is 14.4 Å². The molecule has 3 aromatic rings. The lowest BCUT2D eigenvalue weighted by Crippen LogP contribution is -2.39. The van der Waals surface area contributed by atoms with E-state index in [0.29, 0.717) is 11.1 Å². The highest BCUT2D eigenvalue weighted by Gasteiger charge is 2.29. The van der Waals surface area contributed by atoms with Gasteiger partial charge in [0.15, 0.2) is 0 Å². The van der Waals surface area contributed by atoms with Crippen LogP contribution in [0.2, 0.25) is 0 Å². The van der Waals surface area contributed by atoms with Gasteiger partial charge in [0.2, 0.25) is 5.56 Å². The Hall–Kier alpha value is -3.67. The molecule has 0 bridgehead atoms. The Balaban J connectivity index is 1.96. The van der Waals surface area contributed by atoms with Crippen LogP contribution in [0.5, 0.6) is 0 Å². The Morgan fingerprint density at radius 2 is 1.59 bits per heavy atom. The number of carbonyl (C=O) groups excluding carboxylic acids is 2. The summed E-state index contributed by atoms with van der Waals surface area (Å²) in [4.78, 5) is 41.4. The van der Waals surface area contributed by atoms with E-state index in [-0.39, 0.29) is 17.4 Å². The number of H-pyrrole nitrogens is 1. The number of aromatic amines is 1. The first-order valence-electron chi connectivity index (χ1n) is 9.26. The number of likely N-dealkylation sites (N-methyl/N-ethyl adjacent to an activating group) is 1. The number of nitrogens with zero attached hydrogens (tertiary/aromatic N) is 1. The number of hydrogen-bond donors (Lipinski definition) is 2. The fraction of sp³-hybridized carbons (Fsp3) is 0.174. The molecule has 0 unspecified atom stereocenters. The van der Waals surface area contributed by atoms with Crippen LogP contribution in [0.3, 0.4) is 0 Å². The van der Waals surface area contributed by atoms with Crippen molar-refractivity contribution in [3.63, 3.8) is 0 Å². The molecule has 0 spiro atoms. The summed E-state index contributed by atoms with van der Waals surface area (Å²) in [5, 5.41) is 2.98. The number of hydrogen-bond acceptors (Lipinski definition) is 3. The molecule has 0 aliphatic heterocycles. The molecular weight excluding hydrogens is 366 g/mol. The van der Waals surface area contributed by atoms with Crippen LogP contribution in [0.15, 0.2) is 71.7 Å². The number of anilines is 1. The van der Waals surface area contributed by atoms with E-state index in [1.54, 1.807) is 7.05 Å². The van der Waals surface area contributed by atoms with E-state index in [1.165, 1.54) is 23.2 Å². The second-order valence-electron chi connectivity index (χ2n) is 6.93. The van der Waals surface area contributed by atoms with Crippen molar-refractivity contribution in [3.8, 4) is 0 Å². The Morgan fingerprint density at radius 3 is 2.17 bits per heavy atom. The summed E-state index contributed by atoms with van der Waals surface area (Å²) in [5.41, 5.74) is 3.32. The normalized spacial score (nSPS) is 11.6. The van der Waals surface area contributed by atoms with Gasteiger partial charge >= 0.3 is 0 Å². The molecule has 0 saturated heterocycles. The van der Waals surface area contributed by atoms with Gasteiger partial charge in [-0.2, -0.15) is 0 Å². The van der Waals surface area contributed by atoms with Crippen molar-refractivity contribution in [1.82, 2.24) is 9.88 Å². The summed E-state index contributed by atoms with van der Waals surface area (Å²) in [6.07, 6.45) is 1.35. The molecule has 3 rings (SSSR count). The molecular formula is C23H23N3O3. The molecule has 2 amide bonds. The number of amides is 2. The quantitative estimate of drug-likeness (QED) is 0.701. The summed E-state index contributed by atoms with van der Waals surface area (Å²) in [7, 11) is 1.58. The summed E-state index contributed by atoms with van der Waals surface area (Å²) in [5.74, 6) is -0.680. The molecule has 1 atom stereocenters. The van der Waals surface area contributed by atoms with Gasteiger partial charge < -0.3 is 15.2 Å². The number of aromatic nitrogens is 1. The zero-order chi connectivity index (χ0) is 21.0. The minimum absolute atomic E-state index is 0.295. The van der Waals surface area contributed by atoms with Gasteiger partial charge in [-0.05, 0) is 36.6 Å². The number of pyridine rings is 1. The van der Waals surface area contributed by atoms with Gasteiger partial charge in [-0.1, -0.05) is 48.5 Å². The zero-order valence-electron chi connectivity index (χ0n) is 16.6. The van der Waals surface area contributed by atoms with Crippen LogP contribution >= 0.6 is 0 Å². The van der Waals surface area contributed by atoms with Crippen LogP contribution in [0, 0.1) is 13.8 Å². The van der Waals surface area contributed by atoms with Gasteiger partial charge in [0.1, 0.15) is 6.04 Å². The standard InChI is InChI=1S/C23H23N3O3/c1-15-8-7-9-16(2)20(15)25-22(28)21(17-10-5-4-6-11-17)26(3)23(29)18-12-13-19(27)24-14-18/h4-14,21H,1-3H3,(H,24,27)(H,25,28)/t21-/m1/s1. The third-order valence-corrected chi connectivity index (χ3v) is 4.83. The molecule has 148 valence electrons. The largest absolute Gasteiger partial charge is 0.328 e. The maximum Gasteiger partial charge on any atom is 0.256 e. The lowest BCUT2D eigenvalue weighted by molar-refractivity contribution is -0.120. The van der Waals surface area contributed by atoms with Crippen molar-refractivity contribution in [2.75, 3.05) is 12.4 Å². The second-order valence-corrected chi connectivity index (χ2v) is 6.93. The van der Waals surface area contributed by atoms with E-state index in [1.807, 2.05) is 62.4 Å². The average Bonchev–Trinajstić information content (AvgIpc) is 2.72. The molecule has 0 saturated carbocycles. The van der Waals surface area contributed by atoms with E-state index in [4.69, 9.17) is 0 Å². The predicted molar refractivity (Wildman–Crippen MR) is 113 cm³/mol. The topological polar surface area (TPSA) is 82.3 Å². The van der Waals surface area contributed by atoms with Crippen LogP contribution in [0.4, 0.5) is 5.69 Å². The molecule has 0 aliphatic carbocycles. The molecule has 29 heavy (non-hydrogen) atoms. The van der Waals surface area contributed by atoms with Gasteiger partial charge in [0.25, 0.3) is 11.8 Å². The van der Waals surface area contributed by atoms with Gasteiger partial charge in [-0.25, -0.2) is 0 Å². The Kier molecular flexibility index (Phi) is 5.93. The Morgan fingerprint density at radius 1 is 0.931 bits per heavy atom. The van der Waals surface area contributed by atoms with Gasteiger partial charge in [-0.15, -0.1) is 0 Å². The number of benzene rings is 2. The summed E-state index contributed by atoms with van der Waals surface area (Å²) in [6.45, 7) is 3.85. The van der Waals surface area contributed by atoms with Crippen molar-refractivity contribution < 1.29 is 9.59 Å². The third-order valence-electron chi connectivity index (χ3n) is 4.83. The number of para-hydroxylation sites is 1. The van der Waals surface area contributed by atoms with E-state index in [2.05, 4.69) is 10.3 Å². The fourth-order valence-corrected chi connectivity index (χ4v) is 3.25. The molecule has 0 fully saturated rings. The third kappa shape index (κ3) is 4.43. The second kappa shape index (κ2) is 8.56. The van der Waals surface area contributed by atoms with E-state index in [0.717, 1.165) is 16.8 Å². The van der Waals surface area contributed by atoms with Crippen molar-refractivity contribution in [1.29, 1.82) is 0 Å². The van der Waals surface area contributed by atoms with Crippen molar-refractivity contribution in [2.45, 2.75) is 19.9 Å². The van der Waals surface area contributed by atoms with Crippen LogP contribution in [0.25, 0.3) is 0 Å². The van der Waals surface area contributed by atoms with Crippen molar-refractivity contribution >= 4 is 17.5 Å². The molecule has 6 nitrogen and oxygen atoms in total. The Bertz CT molecular complexity index is 1050. The smallest absolute Gasteiger partial charge is 0.256 e. The van der Waals surface area contributed by atoms with E-state index >= 15 is 0 Å². The van der Waals surface area contributed by atoms with Gasteiger partial charge in [0, 0.05) is 25.0 Å². The maximum absolute atomic E-state index is 13.3. The number of carbonyl (C=O) groups is 2. The maximum atomic E-state index is 13.3. The van der Waals surface area contributed by atoms with E-state index < -0.39 is 6.04 Å². The zero-order valence-corrected chi connectivity index (χ0v) is 16.6. The highest BCUT2D eigenvalue weighted by atomic mass is 16.2. The first-order chi connectivity index (χ1) is 13.9. The van der Waals surface area contributed by atoms with Crippen LogP contribution in [-0.4, -0.2) is 28.7 Å². The number of aryl methyl sites for hydroxylation is 2. The van der Waals surface area contributed by atoms with Gasteiger partial charge in [0.05, 0.1) is 5.56 Å². The van der Waals surface area contributed by atoms with Crippen LogP contribution in [-0.2, 0) is 4.79 Å². The lowest BCUT2D eigenvalue weighted by atomic mass is 10.0. The average molecular weight is 389 g/mol.